The topological polar surface area (TPSA) is 101 Å². The van der Waals surface area contributed by atoms with Crippen molar-refractivity contribution in [1.29, 1.82) is 0 Å². The maximum Gasteiger partial charge on any atom is 0.328 e. The molecule has 1 heterocycles. The number of ether oxygens (including phenoxy) is 1. The highest BCUT2D eigenvalue weighted by Gasteiger charge is 2.21. The van der Waals surface area contributed by atoms with Crippen molar-refractivity contribution in [3.63, 3.8) is 0 Å². The molecule has 24 heavy (non-hydrogen) atoms. The Morgan fingerprint density at radius 3 is 2.71 bits per heavy atom. The van der Waals surface area contributed by atoms with Crippen LogP contribution in [0.25, 0.3) is 10.8 Å². The lowest BCUT2D eigenvalue weighted by molar-refractivity contribution is -0.145. The first kappa shape index (κ1) is 18.0. The molecular formula is C16H19N3O4S. The number of benzene rings is 1. The molecule has 1 aromatic heterocycles. The molecule has 1 amide bonds. The molecule has 8 heteroatoms. The Bertz CT molecular complexity index is 790. The molecule has 128 valence electrons. The molecule has 1 aromatic carbocycles. The monoisotopic (exact) mass is 349 g/mol. The van der Waals surface area contributed by atoms with E-state index in [1.807, 2.05) is 6.26 Å². The first-order valence-electron chi connectivity index (χ1n) is 7.39. The number of esters is 1. The van der Waals surface area contributed by atoms with Crippen LogP contribution in [0.1, 0.15) is 12.1 Å². The van der Waals surface area contributed by atoms with Crippen LogP contribution in [0.15, 0.2) is 29.1 Å². The Labute approximate surface area is 143 Å². The predicted molar refractivity (Wildman–Crippen MR) is 93.0 cm³/mol. The third kappa shape index (κ3) is 4.35. The van der Waals surface area contributed by atoms with E-state index in [0.29, 0.717) is 22.9 Å². The minimum absolute atomic E-state index is 0.0376. The minimum atomic E-state index is -0.691. The number of nitrogens with one attached hydrogen (secondary N) is 2. The Kier molecular flexibility index (Phi) is 6.36. The number of aromatic amines is 1. The molecule has 0 spiro atoms. The number of H-pyrrole nitrogens is 1. The molecular weight excluding hydrogens is 330 g/mol. The number of carbonyl (C=O) groups excluding carboxylic acids is 2. The largest absolute Gasteiger partial charge is 0.467 e. The van der Waals surface area contributed by atoms with Crippen molar-refractivity contribution in [3.05, 3.63) is 40.3 Å². The third-order valence-corrected chi connectivity index (χ3v) is 4.18. The van der Waals surface area contributed by atoms with Crippen molar-refractivity contribution in [2.45, 2.75) is 18.9 Å². The molecule has 0 saturated heterocycles. The van der Waals surface area contributed by atoms with Gasteiger partial charge in [0.1, 0.15) is 6.04 Å². The maximum atomic E-state index is 12.3. The third-order valence-electron chi connectivity index (χ3n) is 3.53. The molecule has 0 fully saturated rings. The summed E-state index contributed by atoms with van der Waals surface area (Å²) in [7, 11) is 1.29. The van der Waals surface area contributed by atoms with Crippen molar-refractivity contribution < 1.29 is 14.3 Å². The molecule has 0 saturated carbocycles. The fourth-order valence-corrected chi connectivity index (χ4v) is 2.80. The molecule has 2 N–H and O–H groups in total. The molecule has 0 aliphatic rings. The van der Waals surface area contributed by atoms with Gasteiger partial charge in [0.2, 0.25) is 5.91 Å². The second kappa shape index (κ2) is 8.49. The molecule has 0 radical (unpaired) electrons. The van der Waals surface area contributed by atoms with Crippen molar-refractivity contribution in [3.8, 4) is 0 Å². The summed E-state index contributed by atoms with van der Waals surface area (Å²) in [6, 6.07) is 6.25. The van der Waals surface area contributed by atoms with Gasteiger partial charge in [-0.2, -0.15) is 16.9 Å². The average molecular weight is 349 g/mol. The molecule has 1 atom stereocenters. The Hall–Kier alpha value is -2.35. The number of methoxy groups -OCH3 is 1. The van der Waals surface area contributed by atoms with Gasteiger partial charge >= 0.3 is 5.97 Å². The lowest BCUT2D eigenvalue weighted by atomic mass is 10.1. The summed E-state index contributed by atoms with van der Waals surface area (Å²) in [4.78, 5) is 35.8. The number of nitrogens with zero attached hydrogens (tertiary/aromatic N) is 1. The fourth-order valence-electron chi connectivity index (χ4n) is 2.33. The van der Waals surface area contributed by atoms with Crippen LogP contribution in [0.3, 0.4) is 0 Å². The quantitative estimate of drug-likeness (QED) is 0.720. The van der Waals surface area contributed by atoms with Crippen LogP contribution < -0.4 is 10.9 Å². The number of carbonyl (C=O) groups is 2. The Balaban J connectivity index is 2.15. The van der Waals surface area contributed by atoms with Gasteiger partial charge in [-0.1, -0.05) is 18.2 Å². The molecule has 7 nitrogen and oxygen atoms in total. The van der Waals surface area contributed by atoms with Gasteiger partial charge in [0.05, 0.1) is 24.6 Å². The Morgan fingerprint density at radius 2 is 2.04 bits per heavy atom. The van der Waals surface area contributed by atoms with E-state index in [1.54, 1.807) is 36.0 Å². The fraction of sp³-hybridized carbons (Fsp3) is 0.375. The minimum Gasteiger partial charge on any atom is -0.467 e. The van der Waals surface area contributed by atoms with Crippen LogP contribution in [-0.4, -0.2) is 47.2 Å². The SMILES string of the molecule is COC(=O)[C@H](CCSC)NC(=O)Cc1n[nH]c(=O)c2ccccc12. The van der Waals surface area contributed by atoms with Crippen LogP contribution in [0, 0.1) is 0 Å². The number of rotatable bonds is 7. The van der Waals surface area contributed by atoms with Crippen LogP contribution in [0.4, 0.5) is 0 Å². The van der Waals surface area contributed by atoms with Gasteiger partial charge in [-0.25, -0.2) is 9.89 Å². The average Bonchev–Trinajstić information content (AvgIpc) is 2.60. The predicted octanol–water partition coefficient (Wildman–Crippen LogP) is 0.876. The maximum absolute atomic E-state index is 12.3. The normalized spacial score (nSPS) is 11.9. The number of aromatic nitrogens is 2. The van der Waals surface area contributed by atoms with E-state index in [-0.39, 0.29) is 17.9 Å². The van der Waals surface area contributed by atoms with Crippen molar-refractivity contribution in [1.82, 2.24) is 15.5 Å². The first-order valence-corrected chi connectivity index (χ1v) is 8.78. The molecule has 0 aliphatic carbocycles. The van der Waals surface area contributed by atoms with Gasteiger partial charge < -0.3 is 10.1 Å². The zero-order valence-electron chi connectivity index (χ0n) is 13.5. The zero-order chi connectivity index (χ0) is 17.5. The lowest BCUT2D eigenvalue weighted by Crippen LogP contribution is -2.42. The number of thioether (sulfide) groups is 1. The number of hydrogen-bond acceptors (Lipinski definition) is 6. The van der Waals surface area contributed by atoms with Crippen LogP contribution >= 0.6 is 11.8 Å². The second-order valence-corrected chi connectivity index (χ2v) is 6.13. The standard InChI is InChI=1S/C16H19N3O4S/c1-23-16(22)12(7-8-24-2)17-14(20)9-13-10-5-3-4-6-11(10)15(21)19-18-13/h3-6,12H,7-9H2,1-2H3,(H,17,20)(H,19,21)/t12-/m0/s1. The van der Waals surface area contributed by atoms with Gasteiger partial charge in [-0.15, -0.1) is 0 Å². The lowest BCUT2D eigenvalue weighted by Gasteiger charge is -2.16. The number of amides is 1. The first-order chi connectivity index (χ1) is 11.6. The molecule has 0 aliphatic heterocycles. The van der Waals surface area contributed by atoms with Gasteiger partial charge in [-0.3, -0.25) is 9.59 Å². The molecule has 0 bridgehead atoms. The van der Waals surface area contributed by atoms with Gasteiger partial charge in [0, 0.05) is 5.39 Å². The summed E-state index contributed by atoms with van der Waals surface area (Å²) in [5.41, 5.74) is 0.151. The van der Waals surface area contributed by atoms with Gasteiger partial charge in [0.25, 0.3) is 5.56 Å². The molecule has 2 rings (SSSR count). The number of hydrogen-bond donors (Lipinski definition) is 2. The van der Waals surface area contributed by atoms with Gasteiger partial charge in [-0.05, 0) is 24.5 Å². The summed E-state index contributed by atoms with van der Waals surface area (Å²) in [5, 5.41) is 10.1. The summed E-state index contributed by atoms with van der Waals surface area (Å²) >= 11 is 1.58. The van der Waals surface area contributed by atoms with Crippen LogP contribution in [-0.2, 0) is 20.7 Å². The van der Waals surface area contributed by atoms with Crippen LogP contribution in [0.2, 0.25) is 0 Å². The van der Waals surface area contributed by atoms with E-state index in [2.05, 4.69) is 15.5 Å². The van der Waals surface area contributed by atoms with E-state index in [4.69, 9.17) is 4.74 Å². The highest BCUT2D eigenvalue weighted by molar-refractivity contribution is 7.98. The second-order valence-electron chi connectivity index (χ2n) is 5.15. The number of fused-ring (bicyclic) bond motifs is 1. The zero-order valence-corrected chi connectivity index (χ0v) is 14.3. The van der Waals surface area contributed by atoms with Crippen LogP contribution in [0.5, 0.6) is 0 Å². The highest BCUT2D eigenvalue weighted by Crippen LogP contribution is 2.13. The van der Waals surface area contributed by atoms with Crippen molar-refractivity contribution in [2.24, 2.45) is 0 Å². The van der Waals surface area contributed by atoms with E-state index in [9.17, 15) is 14.4 Å². The van der Waals surface area contributed by atoms with Gasteiger partial charge in [0.15, 0.2) is 0 Å². The summed E-state index contributed by atoms with van der Waals surface area (Å²) in [6.45, 7) is 0. The summed E-state index contributed by atoms with van der Waals surface area (Å²) in [5.74, 6) is -0.104. The van der Waals surface area contributed by atoms with E-state index >= 15 is 0 Å². The summed E-state index contributed by atoms with van der Waals surface area (Å²) in [6.07, 6.45) is 2.37. The van der Waals surface area contributed by atoms with E-state index < -0.39 is 12.0 Å². The molecule has 0 unspecified atom stereocenters. The highest BCUT2D eigenvalue weighted by atomic mass is 32.2. The smallest absolute Gasteiger partial charge is 0.328 e. The Morgan fingerprint density at radius 1 is 1.33 bits per heavy atom. The van der Waals surface area contributed by atoms with Crippen molar-refractivity contribution in [2.75, 3.05) is 19.1 Å². The molecule has 2 aromatic rings. The van der Waals surface area contributed by atoms with E-state index in [0.717, 1.165) is 5.75 Å². The van der Waals surface area contributed by atoms with E-state index in [1.165, 1.54) is 7.11 Å². The van der Waals surface area contributed by atoms with Crippen molar-refractivity contribution >= 4 is 34.4 Å². The summed E-state index contributed by atoms with van der Waals surface area (Å²) < 4.78 is 4.72.